The van der Waals surface area contributed by atoms with Crippen LogP contribution in [0.1, 0.15) is 6.92 Å². The van der Waals surface area contributed by atoms with E-state index in [1.807, 2.05) is 32.8 Å². The maximum absolute atomic E-state index is 11.3. The lowest BCUT2D eigenvalue weighted by molar-refractivity contribution is -0.129. The first-order valence-electron chi connectivity index (χ1n) is 12.8. The Kier molecular flexibility index (Phi) is 7.81. The van der Waals surface area contributed by atoms with Crippen molar-refractivity contribution in [3.05, 3.63) is 86.0 Å². The number of carbonyl (C=O) groups excluding carboxylic acids is 1. The van der Waals surface area contributed by atoms with Crippen molar-refractivity contribution < 1.29 is 4.79 Å². The van der Waals surface area contributed by atoms with E-state index in [0.29, 0.717) is 0 Å². The molecule has 0 aliphatic carbocycles. The Morgan fingerprint density at radius 3 is 1.49 bits per heavy atom. The van der Waals surface area contributed by atoms with Gasteiger partial charge in [0.05, 0.1) is 12.7 Å². The molecule has 37 heavy (non-hydrogen) atoms. The van der Waals surface area contributed by atoms with Crippen LogP contribution in [0, 0.1) is 0 Å². The summed E-state index contributed by atoms with van der Waals surface area (Å²) in [6.07, 6.45) is 11.1. The molecular weight excluding hydrogens is 464 g/mol. The van der Waals surface area contributed by atoms with Gasteiger partial charge in [0, 0.05) is 107 Å². The highest BCUT2D eigenvalue weighted by atomic mass is 16.2. The number of benzene rings is 2. The third-order valence-electron chi connectivity index (χ3n) is 6.88. The Morgan fingerprint density at radius 1 is 0.649 bits per heavy atom. The molecule has 0 saturated carbocycles. The highest BCUT2D eigenvalue weighted by Gasteiger charge is 2.18. The molecule has 2 aromatic heterocycles. The minimum atomic E-state index is 0.167. The van der Waals surface area contributed by atoms with Crippen molar-refractivity contribution >= 4 is 17.3 Å². The first kappa shape index (κ1) is 24.6. The van der Waals surface area contributed by atoms with Gasteiger partial charge in [-0.05, 0) is 48.5 Å². The Balaban J connectivity index is 0.000000153. The van der Waals surface area contributed by atoms with Gasteiger partial charge in [0.15, 0.2) is 0 Å². The van der Waals surface area contributed by atoms with Crippen molar-refractivity contribution in [2.75, 3.05) is 62.2 Å². The molecule has 0 spiro atoms. The highest BCUT2D eigenvalue weighted by Crippen LogP contribution is 2.19. The van der Waals surface area contributed by atoms with Crippen LogP contribution in [0.4, 0.5) is 11.4 Å². The average molecular weight is 499 g/mol. The van der Waals surface area contributed by atoms with Gasteiger partial charge in [-0.2, -0.15) is 0 Å². The van der Waals surface area contributed by atoms with Gasteiger partial charge >= 0.3 is 0 Å². The third kappa shape index (κ3) is 6.18. The largest absolute Gasteiger partial charge is 0.369 e. The van der Waals surface area contributed by atoms with Crippen molar-refractivity contribution in [1.29, 1.82) is 0 Å². The average Bonchev–Trinajstić information content (AvgIpc) is 3.70. The number of aromatic nitrogens is 4. The van der Waals surface area contributed by atoms with Crippen LogP contribution in [0.2, 0.25) is 0 Å². The van der Waals surface area contributed by atoms with E-state index in [1.54, 1.807) is 25.6 Å². The van der Waals surface area contributed by atoms with E-state index >= 15 is 0 Å². The number of nitrogens with one attached hydrogen (secondary N) is 1. The Hall–Kier alpha value is -4.11. The van der Waals surface area contributed by atoms with Gasteiger partial charge in [-0.1, -0.05) is 0 Å². The molecule has 9 heteroatoms. The first-order chi connectivity index (χ1) is 18.2. The summed E-state index contributed by atoms with van der Waals surface area (Å²) in [7, 11) is 0. The smallest absolute Gasteiger partial charge is 0.219 e. The summed E-state index contributed by atoms with van der Waals surface area (Å²) in [6, 6.07) is 17.1. The van der Waals surface area contributed by atoms with Crippen LogP contribution in [-0.4, -0.2) is 82.3 Å². The van der Waals surface area contributed by atoms with E-state index in [2.05, 4.69) is 73.6 Å². The number of nitrogens with zero attached hydrogens (tertiary/aromatic N) is 7. The molecular formula is C28H34N8O. The molecule has 192 valence electrons. The van der Waals surface area contributed by atoms with E-state index in [4.69, 9.17) is 0 Å². The van der Waals surface area contributed by atoms with Gasteiger partial charge in [-0.15, -0.1) is 0 Å². The van der Waals surface area contributed by atoms with E-state index in [9.17, 15) is 4.79 Å². The molecule has 2 fully saturated rings. The third-order valence-corrected chi connectivity index (χ3v) is 6.88. The molecule has 2 aliphatic heterocycles. The van der Waals surface area contributed by atoms with Crippen LogP contribution in [0.25, 0.3) is 11.4 Å². The number of rotatable bonds is 4. The van der Waals surface area contributed by atoms with Gasteiger partial charge in [0.2, 0.25) is 5.91 Å². The summed E-state index contributed by atoms with van der Waals surface area (Å²) in [6.45, 7) is 9.35. The summed E-state index contributed by atoms with van der Waals surface area (Å²) >= 11 is 0. The normalized spacial score (nSPS) is 15.8. The lowest BCUT2D eigenvalue weighted by Gasteiger charge is -2.35. The van der Waals surface area contributed by atoms with Crippen LogP contribution >= 0.6 is 0 Å². The zero-order valence-corrected chi connectivity index (χ0v) is 21.3. The summed E-state index contributed by atoms with van der Waals surface area (Å²) in [5.41, 5.74) is 4.77. The molecule has 6 rings (SSSR count). The number of hydrogen-bond acceptors (Lipinski definition) is 6. The molecule has 1 N–H and O–H groups in total. The molecule has 2 saturated heterocycles. The molecule has 0 radical (unpaired) electrons. The minimum Gasteiger partial charge on any atom is -0.369 e. The molecule has 0 atom stereocenters. The van der Waals surface area contributed by atoms with Gasteiger partial charge in [-0.25, -0.2) is 9.97 Å². The molecule has 2 aliphatic rings. The molecule has 4 heterocycles. The topological polar surface area (TPSA) is 74.5 Å². The van der Waals surface area contributed by atoms with Gasteiger partial charge in [0.1, 0.15) is 0 Å². The second-order valence-corrected chi connectivity index (χ2v) is 9.20. The van der Waals surface area contributed by atoms with E-state index in [0.717, 1.165) is 63.7 Å². The van der Waals surface area contributed by atoms with E-state index in [-0.39, 0.29) is 5.91 Å². The van der Waals surface area contributed by atoms with Gasteiger partial charge in [0.25, 0.3) is 0 Å². The van der Waals surface area contributed by atoms with Gasteiger partial charge in [-0.3, -0.25) is 4.79 Å². The van der Waals surface area contributed by atoms with Crippen LogP contribution in [0.15, 0.2) is 86.0 Å². The number of imidazole rings is 2. The molecule has 0 unspecified atom stereocenters. The maximum Gasteiger partial charge on any atom is 0.219 e. The Bertz CT molecular complexity index is 1220. The molecule has 0 bridgehead atoms. The van der Waals surface area contributed by atoms with Crippen LogP contribution in [-0.2, 0) is 4.79 Å². The molecule has 9 nitrogen and oxygen atoms in total. The van der Waals surface area contributed by atoms with Gasteiger partial charge < -0.3 is 29.2 Å². The summed E-state index contributed by atoms with van der Waals surface area (Å²) < 4.78 is 4.00. The first-order valence-corrected chi connectivity index (χ1v) is 12.8. The predicted molar refractivity (Wildman–Crippen MR) is 147 cm³/mol. The predicted octanol–water partition coefficient (Wildman–Crippen LogP) is 2.82. The fourth-order valence-electron chi connectivity index (χ4n) is 4.70. The van der Waals surface area contributed by atoms with E-state index < -0.39 is 0 Å². The van der Waals surface area contributed by atoms with Crippen LogP contribution < -0.4 is 15.1 Å². The van der Waals surface area contributed by atoms with Crippen molar-refractivity contribution in [2.45, 2.75) is 6.92 Å². The highest BCUT2D eigenvalue weighted by molar-refractivity contribution is 5.73. The fourth-order valence-corrected chi connectivity index (χ4v) is 4.70. The molecule has 2 aromatic carbocycles. The lowest BCUT2D eigenvalue weighted by atomic mass is 10.2. The monoisotopic (exact) mass is 498 g/mol. The zero-order chi connectivity index (χ0) is 25.5. The fraction of sp³-hybridized carbons (Fsp3) is 0.321. The standard InChI is InChI=1S/C15H18N4O.C13H16N4/c1-13(20)17-8-10-18(11-9-17)14-2-4-15(5-3-14)19-7-6-16-12-19;1-3-13(17-10-7-15-11-17)4-2-12(1)16-8-5-14-6-9-16/h2-7,12H,8-11H2,1H3;1-4,7,10-11,14H,5-6,8-9H2. The Labute approximate surface area is 218 Å². The van der Waals surface area contributed by atoms with Crippen molar-refractivity contribution in [3.8, 4) is 11.4 Å². The summed E-state index contributed by atoms with van der Waals surface area (Å²) in [5.74, 6) is 0.167. The Morgan fingerprint density at radius 2 is 1.08 bits per heavy atom. The second kappa shape index (κ2) is 11.7. The zero-order valence-electron chi connectivity index (χ0n) is 21.3. The van der Waals surface area contributed by atoms with Crippen molar-refractivity contribution in [3.63, 3.8) is 0 Å². The molecule has 4 aromatic rings. The minimum absolute atomic E-state index is 0.167. The van der Waals surface area contributed by atoms with Crippen molar-refractivity contribution in [1.82, 2.24) is 29.3 Å². The van der Waals surface area contributed by atoms with Crippen LogP contribution in [0.5, 0.6) is 0 Å². The number of carbonyl (C=O) groups is 1. The van der Waals surface area contributed by atoms with Crippen LogP contribution in [0.3, 0.4) is 0 Å². The SMILES string of the molecule is CC(=O)N1CCN(c2ccc(-n3ccnc3)cc2)CC1.c1cn(-c2ccc(N3CCNCC3)cc2)cn1. The second-order valence-electron chi connectivity index (χ2n) is 9.20. The number of piperazine rings is 2. The maximum atomic E-state index is 11.3. The summed E-state index contributed by atoms with van der Waals surface area (Å²) in [5, 5.41) is 3.36. The molecule has 1 amide bonds. The quantitative estimate of drug-likeness (QED) is 0.467. The van der Waals surface area contributed by atoms with Crippen molar-refractivity contribution in [2.24, 2.45) is 0 Å². The number of hydrogen-bond donors (Lipinski definition) is 1. The summed E-state index contributed by atoms with van der Waals surface area (Å²) in [4.78, 5) is 26.0. The number of amides is 1. The number of anilines is 2. The van der Waals surface area contributed by atoms with E-state index in [1.165, 1.54) is 11.4 Å². The lowest BCUT2D eigenvalue weighted by Crippen LogP contribution is -2.48.